The van der Waals surface area contributed by atoms with Gasteiger partial charge in [0.15, 0.2) is 16.7 Å². The van der Waals surface area contributed by atoms with Gasteiger partial charge < -0.3 is 40.7 Å². The predicted octanol–water partition coefficient (Wildman–Crippen LogP) is 8.08. The number of aliphatic hydroxyl groups excluding tert-OH is 1. The Balaban J connectivity index is 0.00000882. The number of aromatic nitrogens is 6. The lowest BCUT2D eigenvalue weighted by molar-refractivity contribution is -0.144. The number of amides is 3. The number of likely N-dealkylation sites (tertiary alicyclic amines) is 1. The van der Waals surface area contributed by atoms with Gasteiger partial charge in [-0.1, -0.05) is 74.0 Å². The van der Waals surface area contributed by atoms with Crippen LogP contribution in [0.4, 0.5) is 15.3 Å². The second-order valence-corrected chi connectivity index (χ2v) is 22.9. The van der Waals surface area contributed by atoms with Crippen LogP contribution in [0.2, 0.25) is 5.02 Å². The minimum atomic E-state index is -0.929. The Kier molecular flexibility index (Phi) is 21.3. The zero-order chi connectivity index (χ0) is 54.5. The third kappa shape index (κ3) is 16.1. The zero-order valence-electron chi connectivity index (χ0n) is 44.2. The highest BCUT2D eigenvalue weighted by Gasteiger charge is 2.45. The number of carbonyl (C=O) groups excluding carboxylic acids is 4. The van der Waals surface area contributed by atoms with E-state index in [0.29, 0.717) is 82.9 Å². The van der Waals surface area contributed by atoms with Gasteiger partial charge in [-0.2, -0.15) is 0 Å². The van der Waals surface area contributed by atoms with Crippen molar-refractivity contribution in [3.8, 4) is 16.2 Å². The van der Waals surface area contributed by atoms with Gasteiger partial charge in [0.05, 0.1) is 58.8 Å². The van der Waals surface area contributed by atoms with Crippen LogP contribution in [0.5, 0.6) is 5.75 Å². The van der Waals surface area contributed by atoms with Crippen molar-refractivity contribution in [3.63, 3.8) is 0 Å². The van der Waals surface area contributed by atoms with Gasteiger partial charge in [0.1, 0.15) is 23.7 Å². The summed E-state index contributed by atoms with van der Waals surface area (Å²) in [5, 5.41) is 34.1. The molecule has 0 radical (unpaired) electrons. The summed E-state index contributed by atoms with van der Waals surface area (Å²) >= 11 is 9.06. The Morgan fingerprint density at radius 3 is 2.49 bits per heavy atom. The number of carbonyl (C=O) groups is 4. The molecule has 0 unspecified atom stereocenters. The van der Waals surface area contributed by atoms with Gasteiger partial charge in [0.25, 0.3) is 0 Å². The van der Waals surface area contributed by atoms with Crippen LogP contribution in [0.1, 0.15) is 88.4 Å². The fraction of sp³-hybridized carbons (Fsp3) is 0.473. The molecule has 1 aliphatic heterocycles. The molecule has 1 saturated carbocycles. The minimum Gasteiger partial charge on any atom is -0.487 e. The van der Waals surface area contributed by atoms with E-state index in [-0.39, 0.29) is 79.2 Å². The molecule has 23 heteroatoms. The summed E-state index contributed by atoms with van der Waals surface area (Å²) in [6.45, 7) is 9.77. The first-order chi connectivity index (χ1) is 37.0. The highest BCUT2D eigenvalue weighted by atomic mass is 35.5. The molecule has 1 aliphatic carbocycles. The maximum atomic E-state index is 14.7. The molecule has 418 valence electrons. The lowest BCUT2D eigenvalue weighted by Gasteiger charge is -2.39. The van der Waals surface area contributed by atoms with Crippen LogP contribution in [-0.2, 0) is 49.8 Å². The number of nitrogens with one attached hydrogen (secondary N) is 4. The van der Waals surface area contributed by atoms with E-state index >= 15 is 0 Å². The molecule has 8 rings (SSSR count). The number of rotatable bonds is 25. The van der Waals surface area contributed by atoms with E-state index in [1.54, 1.807) is 34.3 Å². The second kappa shape index (κ2) is 27.8. The van der Waals surface area contributed by atoms with E-state index in [2.05, 4.69) is 41.5 Å². The second-order valence-electron chi connectivity index (χ2n) is 20.8. The maximum Gasteiger partial charge on any atom is 0.246 e. The molecule has 3 atom stereocenters. The quantitative estimate of drug-likeness (QED) is 0.0342. The van der Waals surface area contributed by atoms with Crippen LogP contribution in [0, 0.1) is 23.6 Å². The van der Waals surface area contributed by atoms with Crippen molar-refractivity contribution < 1.29 is 38.1 Å². The predicted molar refractivity (Wildman–Crippen MR) is 301 cm³/mol. The summed E-state index contributed by atoms with van der Waals surface area (Å²) in [4.78, 5) is 71.1. The van der Waals surface area contributed by atoms with Crippen LogP contribution in [0.25, 0.3) is 10.4 Å². The topological polar surface area (TPSA) is 228 Å². The summed E-state index contributed by atoms with van der Waals surface area (Å²) in [7, 11) is 0. The normalized spacial score (nSPS) is 18.7. The van der Waals surface area contributed by atoms with Crippen molar-refractivity contribution >= 4 is 81.1 Å². The van der Waals surface area contributed by atoms with Crippen LogP contribution in [-0.4, -0.2) is 121 Å². The molecule has 4 aromatic heterocycles. The van der Waals surface area contributed by atoms with Gasteiger partial charge in [-0.3, -0.25) is 19.2 Å². The Morgan fingerprint density at radius 2 is 1.76 bits per heavy atom. The van der Waals surface area contributed by atoms with Crippen molar-refractivity contribution in [3.05, 3.63) is 117 Å². The number of nitrogens with zero attached hydrogens (tertiary/aromatic N) is 7. The van der Waals surface area contributed by atoms with Crippen molar-refractivity contribution in [2.24, 2.45) is 10.8 Å². The standard InChI is InChI=1S/C55H67ClFN11O7S2.ClH/c1-35-49(77-34-61-35)37-13-11-36(12-14-37)31-60-51(72)43-29-40(69)33-68(43)52(73)50(54(2,3)4)64-47(71)19-22-58-23-26-74-27-25-67-32-39(65-66-67)15-16-45(70)55(30-38-7-5-10-46(62-38)63-53-59-24-28-76-53)20-17-41(18-21-55)75-44-9-6-8-42(56)48(44)57;/h5-14,24,28,32,34,40-41,43,50,58,69H,15-23,25-27,29-31,33H2,1-4H3,(H,60,72)(H,64,71)(H,59,62,63);1H/t40-,41?,43+,50-,55?;/m1./s1. The summed E-state index contributed by atoms with van der Waals surface area (Å²) in [6.07, 6.45) is 5.88. The van der Waals surface area contributed by atoms with Gasteiger partial charge in [-0.25, -0.2) is 24.0 Å². The lowest BCUT2D eigenvalue weighted by Crippen LogP contribution is -2.57. The van der Waals surface area contributed by atoms with Crippen molar-refractivity contribution in [2.45, 2.75) is 123 Å². The molecule has 78 heavy (non-hydrogen) atoms. The third-order valence-corrected chi connectivity index (χ3v) is 16.0. The van der Waals surface area contributed by atoms with E-state index in [4.69, 9.17) is 26.1 Å². The maximum absolute atomic E-state index is 14.7. The number of hydrogen-bond acceptors (Lipinski definition) is 16. The fourth-order valence-electron chi connectivity index (χ4n) is 9.77. The summed E-state index contributed by atoms with van der Waals surface area (Å²) in [6, 6.07) is 16.5. The Bertz CT molecular complexity index is 2930. The molecule has 0 bridgehead atoms. The number of hydrogen-bond donors (Lipinski definition) is 5. The van der Waals surface area contributed by atoms with Gasteiger partial charge >= 0.3 is 0 Å². The Labute approximate surface area is 473 Å². The third-order valence-electron chi connectivity index (χ3n) is 14.0. The number of pyridine rings is 1. The largest absolute Gasteiger partial charge is 0.487 e. The number of ether oxygens (including phenoxy) is 2. The Morgan fingerprint density at radius 1 is 0.974 bits per heavy atom. The van der Waals surface area contributed by atoms with Gasteiger partial charge in [-0.15, -0.1) is 40.2 Å². The molecule has 18 nitrogen and oxygen atoms in total. The number of aryl methyl sites for hydroxylation is 2. The minimum absolute atomic E-state index is 0. The van der Waals surface area contributed by atoms with Gasteiger partial charge in [0, 0.05) is 87.2 Å². The molecule has 1 saturated heterocycles. The number of aliphatic hydroxyl groups is 1. The van der Waals surface area contributed by atoms with Crippen molar-refractivity contribution in [1.82, 2.24) is 50.8 Å². The van der Waals surface area contributed by atoms with E-state index < -0.39 is 40.7 Å². The zero-order valence-corrected chi connectivity index (χ0v) is 47.4. The van der Waals surface area contributed by atoms with Crippen molar-refractivity contribution in [2.75, 3.05) is 38.2 Å². The number of ketones is 1. The smallest absolute Gasteiger partial charge is 0.246 e. The average Bonchev–Trinajstić information content (AvgIpc) is 4.30. The summed E-state index contributed by atoms with van der Waals surface area (Å²) in [5.74, 6) is -0.855. The molecule has 2 aromatic carbocycles. The summed E-state index contributed by atoms with van der Waals surface area (Å²) in [5.41, 5.74) is 4.78. The Hall–Kier alpha value is -5.94. The highest BCUT2D eigenvalue weighted by molar-refractivity contribution is 7.13. The van der Waals surface area contributed by atoms with Crippen molar-refractivity contribution in [1.29, 1.82) is 0 Å². The first-order valence-corrected chi connectivity index (χ1v) is 28.2. The molecule has 2 aliphatic rings. The first-order valence-electron chi connectivity index (χ1n) is 26.0. The molecule has 6 aromatic rings. The SMILES string of the molecule is Cc1ncsc1-c1ccc(CNC(=O)[C@@H]2C[C@@H](O)CN2C(=O)[C@@H](NC(=O)CCNCCOCCn2cc(CCC(=O)C3(Cc4cccc(Nc5nccs5)n4)CCC(Oc4cccc(Cl)c4F)CC3)nn2)C(C)(C)C)cc1.Cl. The first kappa shape index (κ1) is 59.7. The number of anilines is 2. The molecule has 0 spiro atoms. The van der Waals surface area contributed by atoms with Crippen LogP contribution >= 0.6 is 46.7 Å². The van der Waals surface area contributed by atoms with Crippen LogP contribution in [0.15, 0.2) is 83.9 Å². The van der Waals surface area contributed by atoms with E-state index in [1.807, 2.05) is 87.2 Å². The number of benzene rings is 2. The number of thiazole rings is 2. The number of Topliss-reactive ketones (excluding diaryl/α,β-unsaturated/α-hetero) is 1. The van der Waals surface area contributed by atoms with Crippen LogP contribution in [0.3, 0.4) is 0 Å². The highest BCUT2D eigenvalue weighted by Crippen LogP contribution is 2.43. The number of halogens is 3. The lowest BCUT2D eigenvalue weighted by atomic mass is 9.66. The van der Waals surface area contributed by atoms with Gasteiger partial charge in [-0.05, 0) is 73.4 Å². The molecule has 3 amide bonds. The number of β-amino-alcohol motifs (C(OH)–C–C–N with tert-alkyl or cyclic N) is 1. The molecular formula is C55H68Cl2FN11O7S2. The fourth-order valence-corrected chi connectivity index (χ4v) is 11.3. The van der Waals surface area contributed by atoms with E-state index in [9.17, 15) is 28.7 Å². The monoisotopic (exact) mass is 1150 g/mol. The average molecular weight is 1150 g/mol. The molecule has 5 heterocycles. The molecule has 2 fully saturated rings. The van der Waals surface area contributed by atoms with Crippen LogP contribution < -0.4 is 26.0 Å². The molecular weight excluding hydrogens is 1080 g/mol. The summed E-state index contributed by atoms with van der Waals surface area (Å²) < 4.78 is 28.3. The van der Waals surface area contributed by atoms with E-state index in [0.717, 1.165) is 32.5 Å². The van der Waals surface area contributed by atoms with Gasteiger partial charge in [0.2, 0.25) is 17.7 Å². The molecule has 5 N–H and O–H groups in total. The van der Waals surface area contributed by atoms with E-state index in [1.165, 1.54) is 22.3 Å².